The van der Waals surface area contributed by atoms with Gasteiger partial charge in [0, 0.05) is 44.7 Å². The number of ether oxygens (including phenoxy) is 1. The molecule has 3 rings (SSSR count). The van der Waals surface area contributed by atoms with Gasteiger partial charge < -0.3 is 15.4 Å². The number of likely N-dealkylation sites (tertiary alicyclic amines) is 1. The van der Waals surface area contributed by atoms with Gasteiger partial charge in [0.25, 0.3) is 0 Å². The number of nitrogens with two attached hydrogens (primary N) is 1. The number of morpholine rings is 1. The fourth-order valence-corrected chi connectivity index (χ4v) is 4.10. The van der Waals surface area contributed by atoms with Gasteiger partial charge in [-0.3, -0.25) is 9.69 Å². The minimum atomic E-state index is 0.316. The molecule has 2 N–H and O–H groups in total. The van der Waals surface area contributed by atoms with Crippen LogP contribution in [0.1, 0.15) is 38.5 Å². The van der Waals surface area contributed by atoms with Crippen molar-refractivity contribution in [3.63, 3.8) is 0 Å². The summed E-state index contributed by atoms with van der Waals surface area (Å²) in [6, 6.07) is 0.864. The standard InChI is InChI=1S/C16H29N3O2/c17-14-3-1-2-13(10-14)11-16(20)19-5-4-15(12-19)18-6-8-21-9-7-18/h13-15H,1-12,17H2. The van der Waals surface area contributed by atoms with E-state index in [9.17, 15) is 4.79 Å². The second kappa shape index (κ2) is 7.07. The van der Waals surface area contributed by atoms with E-state index < -0.39 is 0 Å². The zero-order valence-electron chi connectivity index (χ0n) is 13.0. The van der Waals surface area contributed by atoms with Gasteiger partial charge in [0.1, 0.15) is 0 Å². The van der Waals surface area contributed by atoms with E-state index in [0.29, 0.717) is 30.3 Å². The Kier molecular flexibility index (Phi) is 5.14. The van der Waals surface area contributed by atoms with E-state index in [1.165, 1.54) is 12.8 Å². The molecule has 2 aliphatic heterocycles. The van der Waals surface area contributed by atoms with Crippen molar-refractivity contribution in [2.45, 2.75) is 50.6 Å². The highest BCUT2D eigenvalue weighted by atomic mass is 16.5. The maximum atomic E-state index is 12.5. The van der Waals surface area contributed by atoms with Gasteiger partial charge in [-0.1, -0.05) is 6.42 Å². The molecule has 1 amide bonds. The van der Waals surface area contributed by atoms with E-state index in [2.05, 4.69) is 9.80 Å². The van der Waals surface area contributed by atoms with Crippen LogP contribution in [0.3, 0.4) is 0 Å². The van der Waals surface area contributed by atoms with Crippen molar-refractivity contribution in [1.29, 1.82) is 0 Å². The van der Waals surface area contributed by atoms with Crippen LogP contribution in [0.25, 0.3) is 0 Å². The molecule has 0 aromatic rings. The number of carbonyl (C=O) groups excluding carboxylic acids is 1. The third-order valence-corrected chi connectivity index (χ3v) is 5.36. The van der Waals surface area contributed by atoms with Crippen LogP contribution in [0, 0.1) is 5.92 Å². The van der Waals surface area contributed by atoms with E-state index in [-0.39, 0.29) is 0 Å². The molecule has 21 heavy (non-hydrogen) atoms. The number of rotatable bonds is 3. The quantitative estimate of drug-likeness (QED) is 0.838. The van der Waals surface area contributed by atoms with Crippen molar-refractivity contribution in [3.05, 3.63) is 0 Å². The summed E-state index contributed by atoms with van der Waals surface area (Å²) in [6.45, 7) is 5.56. The van der Waals surface area contributed by atoms with Crippen LogP contribution in [0.5, 0.6) is 0 Å². The Morgan fingerprint density at radius 1 is 1.14 bits per heavy atom. The molecule has 0 aromatic heterocycles. The molecule has 0 bridgehead atoms. The lowest BCUT2D eigenvalue weighted by atomic mass is 9.84. The largest absolute Gasteiger partial charge is 0.379 e. The van der Waals surface area contributed by atoms with Crippen LogP contribution in [-0.2, 0) is 9.53 Å². The van der Waals surface area contributed by atoms with E-state index in [1.54, 1.807) is 0 Å². The fraction of sp³-hybridized carbons (Fsp3) is 0.938. The number of amides is 1. The lowest BCUT2D eigenvalue weighted by molar-refractivity contribution is -0.131. The summed E-state index contributed by atoms with van der Waals surface area (Å²) in [5.74, 6) is 0.869. The highest BCUT2D eigenvalue weighted by molar-refractivity contribution is 5.76. The third kappa shape index (κ3) is 3.96. The van der Waals surface area contributed by atoms with E-state index in [0.717, 1.165) is 58.7 Å². The van der Waals surface area contributed by atoms with Crippen molar-refractivity contribution < 1.29 is 9.53 Å². The Labute approximate surface area is 127 Å². The van der Waals surface area contributed by atoms with Crippen molar-refractivity contribution in [3.8, 4) is 0 Å². The maximum Gasteiger partial charge on any atom is 0.222 e. The van der Waals surface area contributed by atoms with Crippen LogP contribution in [0.4, 0.5) is 0 Å². The summed E-state index contributed by atoms with van der Waals surface area (Å²) in [5.41, 5.74) is 6.03. The van der Waals surface area contributed by atoms with Crippen LogP contribution in [-0.4, -0.2) is 67.2 Å². The average Bonchev–Trinajstić information content (AvgIpc) is 2.98. The number of hydrogen-bond acceptors (Lipinski definition) is 4. The molecule has 2 heterocycles. The SMILES string of the molecule is NC1CCCC(CC(=O)N2CCC(N3CCOCC3)C2)C1. The molecule has 5 nitrogen and oxygen atoms in total. The lowest BCUT2D eigenvalue weighted by Gasteiger charge is -2.32. The molecule has 3 fully saturated rings. The second-order valence-electron chi connectivity index (χ2n) is 6.93. The smallest absolute Gasteiger partial charge is 0.222 e. The van der Waals surface area contributed by atoms with E-state index in [1.807, 2.05) is 0 Å². The van der Waals surface area contributed by atoms with Crippen LogP contribution < -0.4 is 5.73 Å². The first-order chi connectivity index (χ1) is 10.2. The minimum Gasteiger partial charge on any atom is -0.379 e. The minimum absolute atomic E-state index is 0.316. The average molecular weight is 295 g/mol. The van der Waals surface area contributed by atoms with Gasteiger partial charge in [-0.2, -0.15) is 0 Å². The number of carbonyl (C=O) groups is 1. The Balaban J connectivity index is 1.45. The molecular formula is C16H29N3O2. The second-order valence-corrected chi connectivity index (χ2v) is 6.93. The first-order valence-electron chi connectivity index (χ1n) is 8.57. The predicted molar refractivity (Wildman–Crippen MR) is 81.9 cm³/mol. The highest BCUT2D eigenvalue weighted by Gasteiger charge is 2.32. The van der Waals surface area contributed by atoms with Gasteiger partial charge in [-0.25, -0.2) is 0 Å². The molecule has 3 atom stereocenters. The van der Waals surface area contributed by atoms with E-state index >= 15 is 0 Å². The topological polar surface area (TPSA) is 58.8 Å². The molecule has 1 aliphatic carbocycles. The van der Waals surface area contributed by atoms with Gasteiger partial charge in [0.2, 0.25) is 5.91 Å². The first-order valence-corrected chi connectivity index (χ1v) is 8.57. The normalized spacial score (nSPS) is 35.1. The van der Waals surface area contributed by atoms with Gasteiger partial charge in [0.15, 0.2) is 0 Å². The summed E-state index contributed by atoms with van der Waals surface area (Å²) in [4.78, 5) is 17.1. The molecule has 0 aromatic carbocycles. The zero-order valence-corrected chi connectivity index (χ0v) is 13.0. The summed E-state index contributed by atoms with van der Waals surface area (Å²) in [5, 5.41) is 0. The third-order valence-electron chi connectivity index (χ3n) is 5.36. The molecule has 0 spiro atoms. The summed E-state index contributed by atoms with van der Waals surface area (Å²) >= 11 is 0. The molecule has 5 heteroatoms. The molecule has 3 unspecified atom stereocenters. The molecule has 120 valence electrons. The van der Waals surface area contributed by atoms with Gasteiger partial charge in [-0.15, -0.1) is 0 Å². The molecule has 1 saturated carbocycles. The summed E-state index contributed by atoms with van der Waals surface area (Å²) in [6.07, 6.45) is 6.37. The van der Waals surface area contributed by atoms with Crippen molar-refractivity contribution in [2.75, 3.05) is 39.4 Å². The predicted octanol–water partition coefficient (Wildman–Crippen LogP) is 0.827. The first kappa shape index (κ1) is 15.3. The molecule has 0 radical (unpaired) electrons. The molecule has 2 saturated heterocycles. The highest BCUT2D eigenvalue weighted by Crippen LogP contribution is 2.27. The lowest BCUT2D eigenvalue weighted by Crippen LogP contribution is -2.45. The van der Waals surface area contributed by atoms with E-state index in [4.69, 9.17) is 10.5 Å². The fourth-order valence-electron chi connectivity index (χ4n) is 4.10. The maximum absolute atomic E-state index is 12.5. The van der Waals surface area contributed by atoms with Gasteiger partial charge >= 0.3 is 0 Å². The van der Waals surface area contributed by atoms with Crippen molar-refractivity contribution in [2.24, 2.45) is 11.7 Å². The zero-order chi connectivity index (χ0) is 14.7. The number of hydrogen-bond donors (Lipinski definition) is 1. The van der Waals surface area contributed by atoms with Gasteiger partial charge in [0.05, 0.1) is 13.2 Å². The molecular weight excluding hydrogens is 266 g/mol. The van der Waals surface area contributed by atoms with Crippen molar-refractivity contribution in [1.82, 2.24) is 9.80 Å². The Bertz CT molecular complexity index is 357. The van der Waals surface area contributed by atoms with Crippen LogP contribution in [0.15, 0.2) is 0 Å². The van der Waals surface area contributed by atoms with Crippen LogP contribution in [0.2, 0.25) is 0 Å². The molecule has 3 aliphatic rings. The van der Waals surface area contributed by atoms with Gasteiger partial charge in [-0.05, 0) is 31.6 Å². The summed E-state index contributed by atoms with van der Waals surface area (Å²) in [7, 11) is 0. The van der Waals surface area contributed by atoms with Crippen LogP contribution >= 0.6 is 0 Å². The Hall–Kier alpha value is -0.650. The number of nitrogens with zero attached hydrogens (tertiary/aromatic N) is 2. The Morgan fingerprint density at radius 3 is 2.71 bits per heavy atom. The van der Waals surface area contributed by atoms with Crippen molar-refractivity contribution >= 4 is 5.91 Å². The monoisotopic (exact) mass is 295 g/mol. The summed E-state index contributed by atoms with van der Waals surface area (Å²) < 4.78 is 5.41. The Morgan fingerprint density at radius 2 is 1.95 bits per heavy atom.